The van der Waals surface area contributed by atoms with Crippen molar-refractivity contribution in [3.05, 3.63) is 89.0 Å². The largest absolute Gasteiger partial charge is 0.343 e. The highest BCUT2D eigenvalue weighted by atomic mass is 35.5. The predicted molar refractivity (Wildman–Crippen MR) is 131 cm³/mol. The van der Waals surface area contributed by atoms with E-state index in [-0.39, 0.29) is 10.6 Å². The number of carbonyl (C=O) groups excluding carboxylic acids is 2. The average Bonchev–Trinajstić information content (AvgIpc) is 3.31. The van der Waals surface area contributed by atoms with Gasteiger partial charge in [-0.15, -0.1) is 0 Å². The van der Waals surface area contributed by atoms with Crippen LogP contribution >= 0.6 is 11.8 Å². The van der Waals surface area contributed by atoms with Crippen LogP contribution in [0.2, 0.25) is 0 Å². The minimum Gasteiger partial charge on any atom is -0.309 e. The first-order valence-corrected chi connectivity index (χ1v) is 12.4. The summed E-state index contributed by atoms with van der Waals surface area (Å²) >= 11 is 6.22. The first-order chi connectivity index (χ1) is 16.3. The molecule has 10 heteroatoms. The molecule has 0 spiro atoms. The van der Waals surface area contributed by atoms with Crippen LogP contribution in [0, 0.1) is 0 Å². The van der Waals surface area contributed by atoms with Crippen LogP contribution in [-0.4, -0.2) is 20.4 Å². The molecule has 0 aliphatic carbocycles. The van der Waals surface area contributed by atoms with Gasteiger partial charge in [-0.05, 0) is 65.6 Å². The number of benzene rings is 3. The van der Waals surface area contributed by atoms with Gasteiger partial charge in [0.1, 0.15) is 0 Å². The van der Waals surface area contributed by atoms with Gasteiger partial charge in [-0.1, -0.05) is 31.2 Å². The molecule has 0 bridgehead atoms. The molecule has 0 radical (unpaired) electrons. The van der Waals surface area contributed by atoms with Gasteiger partial charge in [-0.2, -0.15) is 0 Å². The third kappa shape index (κ3) is 5.06. The Labute approximate surface area is 203 Å². The number of anilines is 2. The zero-order valence-electron chi connectivity index (χ0n) is 18.3. The zero-order valence-corrected chi connectivity index (χ0v) is 19.9. The lowest BCUT2D eigenvalue weighted by Gasteiger charge is -2.19. The van der Waals surface area contributed by atoms with Crippen LogP contribution in [0.15, 0.2) is 71.6 Å². The highest BCUT2D eigenvalue weighted by Gasteiger charge is 2.23. The summed E-state index contributed by atoms with van der Waals surface area (Å²) in [6.45, 7) is 3.27. The van der Waals surface area contributed by atoms with Gasteiger partial charge < -0.3 is 5.32 Å². The number of rotatable bonds is 6. The first kappa shape index (κ1) is 23.7. The number of nitrogens with zero attached hydrogens (tertiary/aromatic N) is 1. The molecule has 176 valence electrons. The Morgan fingerprint density at radius 3 is 2.47 bits per heavy atom. The van der Waals surface area contributed by atoms with E-state index in [4.69, 9.17) is 11.8 Å². The SMILES string of the molecule is CCc1cc(S(=O)(=O)Nc2ccc3c(c2)CNC3)ccc1N(Cl)C(=O)NC(=O)c1ccccc1. The molecule has 8 nitrogen and oxygen atoms in total. The average molecular weight is 499 g/mol. The molecule has 3 amide bonds. The number of fused-ring (bicyclic) bond motifs is 1. The van der Waals surface area contributed by atoms with Crippen LogP contribution in [0.1, 0.15) is 34.0 Å². The van der Waals surface area contributed by atoms with Crippen LogP contribution in [0.3, 0.4) is 0 Å². The van der Waals surface area contributed by atoms with Crippen molar-refractivity contribution in [3.8, 4) is 0 Å². The van der Waals surface area contributed by atoms with E-state index in [2.05, 4.69) is 15.4 Å². The zero-order chi connectivity index (χ0) is 24.3. The van der Waals surface area contributed by atoms with Crippen LogP contribution in [0.25, 0.3) is 0 Å². The Kier molecular flexibility index (Phi) is 6.87. The second kappa shape index (κ2) is 9.84. The topological polar surface area (TPSA) is 108 Å². The number of aryl methyl sites for hydroxylation is 1. The summed E-state index contributed by atoms with van der Waals surface area (Å²) in [4.78, 5) is 24.8. The second-order valence-electron chi connectivity index (χ2n) is 7.74. The van der Waals surface area contributed by atoms with Gasteiger partial charge >= 0.3 is 6.03 Å². The number of amides is 3. The van der Waals surface area contributed by atoms with Crippen molar-refractivity contribution in [1.82, 2.24) is 10.6 Å². The van der Waals surface area contributed by atoms with Gasteiger partial charge in [0.2, 0.25) is 0 Å². The Balaban J connectivity index is 1.52. The van der Waals surface area contributed by atoms with Crippen LogP contribution in [0.4, 0.5) is 16.2 Å². The summed E-state index contributed by atoms with van der Waals surface area (Å²) in [5.74, 6) is -0.595. The summed E-state index contributed by atoms with van der Waals surface area (Å²) in [7, 11) is -3.87. The molecule has 0 saturated heterocycles. The van der Waals surface area contributed by atoms with E-state index < -0.39 is 22.0 Å². The molecule has 0 saturated carbocycles. The summed E-state index contributed by atoms with van der Waals surface area (Å²) in [6.07, 6.45) is 0.409. The van der Waals surface area contributed by atoms with Gasteiger partial charge in [0.15, 0.2) is 0 Å². The van der Waals surface area contributed by atoms with Crippen LogP contribution in [0.5, 0.6) is 0 Å². The molecule has 1 aliphatic rings. The smallest absolute Gasteiger partial charge is 0.309 e. The van der Waals surface area contributed by atoms with E-state index in [1.165, 1.54) is 18.2 Å². The molecule has 1 heterocycles. The lowest BCUT2D eigenvalue weighted by molar-refractivity contribution is 0.0966. The number of imide groups is 1. The van der Waals surface area contributed by atoms with Gasteiger partial charge in [-0.25, -0.2) is 17.6 Å². The van der Waals surface area contributed by atoms with Crippen molar-refractivity contribution in [1.29, 1.82) is 0 Å². The monoisotopic (exact) mass is 498 g/mol. The fourth-order valence-electron chi connectivity index (χ4n) is 3.69. The number of hydrogen-bond donors (Lipinski definition) is 3. The third-order valence-corrected chi connectivity index (χ3v) is 7.19. The van der Waals surface area contributed by atoms with Crippen molar-refractivity contribution in [2.24, 2.45) is 0 Å². The second-order valence-corrected chi connectivity index (χ2v) is 9.76. The van der Waals surface area contributed by atoms with E-state index in [0.717, 1.165) is 22.1 Å². The van der Waals surface area contributed by atoms with Crippen molar-refractivity contribution in [2.45, 2.75) is 31.3 Å². The van der Waals surface area contributed by atoms with Gasteiger partial charge in [-0.3, -0.25) is 14.8 Å². The molecule has 0 aromatic heterocycles. The lowest BCUT2D eigenvalue weighted by Crippen LogP contribution is -2.38. The van der Waals surface area contributed by atoms with E-state index in [9.17, 15) is 18.0 Å². The Hall–Kier alpha value is -3.40. The maximum Gasteiger partial charge on any atom is 0.343 e. The van der Waals surface area contributed by atoms with Crippen LogP contribution in [-0.2, 0) is 29.5 Å². The summed E-state index contributed by atoms with van der Waals surface area (Å²) in [5.41, 5.74) is 3.79. The molecule has 3 N–H and O–H groups in total. The molecular formula is C24H23ClN4O4S. The normalized spacial score (nSPS) is 12.6. The third-order valence-electron chi connectivity index (χ3n) is 5.48. The number of sulfonamides is 1. The Bertz CT molecular complexity index is 1350. The fourth-order valence-corrected chi connectivity index (χ4v) is 5.00. The number of nitrogens with one attached hydrogen (secondary N) is 3. The van der Waals surface area contributed by atoms with Crippen molar-refractivity contribution in [3.63, 3.8) is 0 Å². The predicted octanol–water partition coefficient (Wildman–Crippen LogP) is 4.16. The maximum atomic E-state index is 13.0. The molecule has 0 atom stereocenters. The number of urea groups is 1. The lowest BCUT2D eigenvalue weighted by atomic mass is 10.1. The summed E-state index contributed by atoms with van der Waals surface area (Å²) < 4.78 is 29.4. The van der Waals surface area contributed by atoms with Gasteiger partial charge in [0.25, 0.3) is 15.9 Å². The first-order valence-electron chi connectivity index (χ1n) is 10.6. The molecule has 3 aromatic carbocycles. The summed E-state index contributed by atoms with van der Waals surface area (Å²) in [6, 6.07) is 17.1. The van der Waals surface area contributed by atoms with Crippen LogP contribution < -0.4 is 19.8 Å². The van der Waals surface area contributed by atoms with E-state index in [0.29, 0.717) is 29.8 Å². The van der Waals surface area contributed by atoms with Crippen molar-refractivity contribution in [2.75, 3.05) is 9.14 Å². The number of carbonyl (C=O) groups is 2. The molecule has 0 unspecified atom stereocenters. The molecule has 34 heavy (non-hydrogen) atoms. The van der Waals surface area contributed by atoms with Crippen molar-refractivity contribution >= 4 is 45.1 Å². The summed E-state index contributed by atoms with van der Waals surface area (Å²) in [5, 5.41) is 5.45. The molecule has 0 fully saturated rings. The van der Waals surface area contributed by atoms with E-state index >= 15 is 0 Å². The highest BCUT2D eigenvalue weighted by Crippen LogP contribution is 2.28. The van der Waals surface area contributed by atoms with Gasteiger partial charge in [0.05, 0.1) is 10.6 Å². The van der Waals surface area contributed by atoms with E-state index in [1.54, 1.807) is 36.4 Å². The number of halogens is 1. The highest BCUT2D eigenvalue weighted by molar-refractivity contribution is 7.92. The quantitative estimate of drug-likeness (QED) is 0.442. The molecule has 3 aromatic rings. The van der Waals surface area contributed by atoms with E-state index in [1.807, 2.05) is 19.1 Å². The van der Waals surface area contributed by atoms with Crippen molar-refractivity contribution < 1.29 is 18.0 Å². The Morgan fingerprint density at radius 2 is 1.74 bits per heavy atom. The van der Waals surface area contributed by atoms with Gasteiger partial charge in [0, 0.05) is 36.1 Å². The number of hydrogen-bond acceptors (Lipinski definition) is 5. The maximum absolute atomic E-state index is 13.0. The minimum atomic E-state index is -3.87. The standard InChI is InChI=1S/C24H23ClN4O4S/c1-2-16-13-21(34(32,33)28-20-9-8-18-14-26-15-19(18)12-20)10-11-22(16)29(25)24(31)27-23(30)17-6-4-3-5-7-17/h3-13,26,28H,2,14-15H2,1H3,(H,27,30,31). The Morgan fingerprint density at radius 1 is 1.00 bits per heavy atom. The molecule has 1 aliphatic heterocycles. The molecule has 4 rings (SSSR count). The minimum absolute atomic E-state index is 0.0394. The fraction of sp³-hybridized carbons (Fsp3) is 0.167. The molecular weight excluding hydrogens is 476 g/mol.